The van der Waals surface area contributed by atoms with E-state index in [-0.39, 0.29) is 24.9 Å². The van der Waals surface area contributed by atoms with E-state index in [1.807, 2.05) is 13.8 Å². The molecule has 1 unspecified atom stereocenters. The van der Waals surface area contributed by atoms with Gasteiger partial charge in [0, 0.05) is 5.57 Å². The number of carbonyl (C=O) groups excluding carboxylic acids is 1. The van der Waals surface area contributed by atoms with Gasteiger partial charge in [0.15, 0.2) is 9.84 Å². The van der Waals surface area contributed by atoms with Crippen molar-refractivity contribution in [1.29, 1.82) is 0 Å². The second-order valence-electron chi connectivity index (χ2n) is 7.25. The van der Waals surface area contributed by atoms with Gasteiger partial charge in [0.1, 0.15) is 19.0 Å². The summed E-state index contributed by atoms with van der Waals surface area (Å²) in [4.78, 5) is 11.6. The van der Waals surface area contributed by atoms with Gasteiger partial charge in [-0.15, -0.1) is 0 Å². The van der Waals surface area contributed by atoms with Gasteiger partial charge in [-0.25, -0.2) is 13.2 Å². The number of azo groups is 1. The summed E-state index contributed by atoms with van der Waals surface area (Å²) in [6.07, 6.45) is 0.817. The standard InChI is InChI=1S/C23H28N2O5S/c1-5-18(4)16-31(27,28)22-12-8-20(9-13-22)25-24-19-6-10-21(11-7-19)29-14-15-30-23(26)17(2)3/h6-13,18H,2,5,14-16H2,1,3-4H3. The summed E-state index contributed by atoms with van der Waals surface area (Å²) >= 11 is 0. The molecule has 0 heterocycles. The summed E-state index contributed by atoms with van der Waals surface area (Å²) < 4.78 is 35.2. The lowest BCUT2D eigenvalue weighted by Crippen LogP contribution is -2.13. The zero-order valence-corrected chi connectivity index (χ0v) is 18.9. The molecule has 0 N–H and O–H groups in total. The Morgan fingerprint density at radius 1 is 1.00 bits per heavy atom. The van der Waals surface area contributed by atoms with E-state index in [0.29, 0.717) is 27.6 Å². The average Bonchev–Trinajstić information content (AvgIpc) is 2.75. The SMILES string of the molecule is C=C(C)C(=O)OCCOc1ccc(N=Nc2ccc(S(=O)(=O)CC(C)CC)cc2)cc1. The molecule has 0 aliphatic carbocycles. The van der Waals surface area contributed by atoms with E-state index < -0.39 is 15.8 Å². The number of ether oxygens (including phenoxy) is 2. The lowest BCUT2D eigenvalue weighted by atomic mass is 10.2. The summed E-state index contributed by atoms with van der Waals surface area (Å²) in [5.41, 5.74) is 1.52. The monoisotopic (exact) mass is 444 g/mol. The topological polar surface area (TPSA) is 94.4 Å². The van der Waals surface area contributed by atoms with Gasteiger partial charge in [0.05, 0.1) is 22.0 Å². The van der Waals surface area contributed by atoms with E-state index >= 15 is 0 Å². The van der Waals surface area contributed by atoms with Crippen LogP contribution in [0.4, 0.5) is 11.4 Å². The van der Waals surface area contributed by atoms with Gasteiger partial charge in [-0.2, -0.15) is 10.2 Å². The Bertz CT molecular complexity index is 1010. The number of nitrogens with zero attached hydrogens (tertiary/aromatic N) is 2. The first-order chi connectivity index (χ1) is 14.7. The maximum absolute atomic E-state index is 12.4. The van der Waals surface area contributed by atoms with E-state index in [0.717, 1.165) is 6.42 Å². The molecule has 2 aromatic rings. The maximum atomic E-state index is 12.4. The minimum Gasteiger partial charge on any atom is -0.490 e. The van der Waals surface area contributed by atoms with Gasteiger partial charge in [-0.05, 0) is 61.4 Å². The van der Waals surface area contributed by atoms with Crippen LogP contribution in [0.5, 0.6) is 5.75 Å². The third-order valence-corrected chi connectivity index (χ3v) is 6.45. The van der Waals surface area contributed by atoms with Crippen molar-refractivity contribution in [3.63, 3.8) is 0 Å². The molecule has 0 aliphatic rings. The zero-order chi connectivity index (χ0) is 22.9. The molecule has 1 atom stereocenters. The number of esters is 1. The van der Waals surface area contributed by atoms with Gasteiger partial charge in [0.2, 0.25) is 0 Å². The lowest BCUT2D eigenvalue weighted by molar-refractivity contribution is -0.139. The minimum atomic E-state index is -3.30. The minimum absolute atomic E-state index is 0.114. The highest BCUT2D eigenvalue weighted by molar-refractivity contribution is 7.91. The molecule has 2 rings (SSSR count). The number of rotatable bonds is 11. The van der Waals surface area contributed by atoms with Crippen molar-refractivity contribution in [3.05, 3.63) is 60.7 Å². The van der Waals surface area contributed by atoms with Crippen molar-refractivity contribution in [2.75, 3.05) is 19.0 Å². The Labute approximate surface area is 183 Å². The second kappa shape index (κ2) is 11.4. The highest BCUT2D eigenvalue weighted by atomic mass is 32.2. The lowest BCUT2D eigenvalue weighted by Gasteiger charge is -2.09. The molecule has 0 aliphatic heterocycles. The fourth-order valence-electron chi connectivity index (χ4n) is 2.45. The van der Waals surface area contributed by atoms with Gasteiger partial charge < -0.3 is 9.47 Å². The first-order valence-electron chi connectivity index (χ1n) is 10.0. The van der Waals surface area contributed by atoms with Crippen LogP contribution in [0.15, 0.2) is 75.8 Å². The van der Waals surface area contributed by atoms with E-state index in [9.17, 15) is 13.2 Å². The molecule has 0 bridgehead atoms. The zero-order valence-electron chi connectivity index (χ0n) is 18.1. The van der Waals surface area contributed by atoms with E-state index in [4.69, 9.17) is 9.47 Å². The Morgan fingerprint density at radius 2 is 1.55 bits per heavy atom. The summed E-state index contributed by atoms with van der Waals surface area (Å²) in [7, 11) is -3.30. The molecule has 8 heteroatoms. The highest BCUT2D eigenvalue weighted by Crippen LogP contribution is 2.23. The third-order valence-electron chi connectivity index (χ3n) is 4.45. The molecule has 0 aromatic heterocycles. The van der Waals surface area contributed by atoms with E-state index in [1.165, 1.54) is 0 Å². The number of benzene rings is 2. The Balaban J connectivity index is 1.89. The Hall–Kier alpha value is -3.00. The molecular weight excluding hydrogens is 416 g/mol. The van der Waals surface area contributed by atoms with Crippen LogP contribution in [-0.2, 0) is 19.4 Å². The van der Waals surface area contributed by atoms with Gasteiger partial charge in [-0.1, -0.05) is 26.8 Å². The van der Waals surface area contributed by atoms with Crippen molar-refractivity contribution in [3.8, 4) is 5.75 Å². The normalized spacial score (nSPS) is 12.5. The summed E-state index contributed by atoms with van der Waals surface area (Å²) in [6.45, 7) is 9.36. The van der Waals surface area contributed by atoms with Crippen molar-refractivity contribution in [1.82, 2.24) is 0 Å². The molecule has 0 radical (unpaired) electrons. The summed E-state index contributed by atoms with van der Waals surface area (Å²) in [5.74, 6) is 0.416. The molecule has 31 heavy (non-hydrogen) atoms. The third kappa shape index (κ3) is 7.97. The number of carbonyl (C=O) groups is 1. The largest absolute Gasteiger partial charge is 0.490 e. The molecule has 2 aromatic carbocycles. The highest BCUT2D eigenvalue weighted by Gasteiger charge is 2.17. The fourth-order valence-corrected chi connectivity index (χ4v) is 4.18. The molecule has 7 nitrogen and oxygen atoms in total. The maximum Gasteiger partial charge on any atom is 0.333 e. The molecule has 0 saturated carbocycles. The molecule has 0 fully saturated rings. The molecule has 0 amide bonds. The van der Waals surface area contributed by atoms with Crippen LogP contribution in [0.25, 0.3) is 0 Å². The van der Waals surface area contributed by atoms with Gasteiger partial charge >= 0.3 is 5.97 Å². The van der Waals surface area contributed by atoms with Gasteiger partial charge in [0.25, 0.3) is 0 Å². The van der Waals surface area contributed by atoms with Crippen LogP contribution < -0.4 is 4.74 Å². The Morgan fingerprint density at radius 3 is 2.06 bits per heavy atom. The van der Waals surface area contributed by atoms with Crippen LogP contribution in [-0.4, -0.2) is 33.4 Å². The fraction of sp³-hybridized carbons (Fsp3) is 0.348. The van der Waals surface area contributed by atoms with Crippen LogP contribution >= 0.6 is 0 Å². The first kappa shape index (κ1) is 24.3. The van der Waals surface area contributed by atoms with Crippen molar-refractivity contribution in [2.45, 2.75) is 32.1 Å². The second-order valence-corrected chi connectivity index (χ2v) is 9.28. The molecular formula is C23H28N2O5S. The predicted molar refractivity (Wildman–Crippen MR) is 120 cm³/mol. The van der Waals surface area contributed by atoms with Crippen LogP contribution in [0, 0.1) is 5.92 Å². The molecule has 0 saturated heterocycles. The van der Waals surface area contributed by atoms with Crippen molar-refractivity contribution >= 4 is 27.2 Å². The van der Waals surface area contributed by atoms with Crippen LogP contribution in [0.3, 0.4) is 0 Å². The number of hydrogen-bond acceptors (Lipinski definition) is 7. The smallest absolute Gasteiger partial charge is 0.333 e. The van der Waals surface area contributed by atoms with Crippen LogP contribution in [0.1, 0.15) is 27.2 Å². The number of sulfone groups is 1. The molecule has 166 valence electrons. The summed E-state index contributed by atoms with van der Waals surface area (Å²) in [5, 5.41) is 8.29. The predicted octanol–water partition coefficient (Wildman–Crippen LogP) is 5.42. The number of hydrogen-bond donors (Lipinski definition) is 0. The van der Waals surface area contributed by atoms with Crippen molar-refractivity contribution in [2.24, 2.45) is 16.1 Å². The first-order valence-corrected chi connectivity index (χ1v) is 11.7. The van der Waals surface area contributed by atoms with Gasteiger partial charge in [-0.3, -0.25) is 0 Å². The van der Waals surface area contributed by atoms with Crippen molar-refractivity contribution < 1.29 is 22.7 Å². The average molecular weight is 445 g/mol. The Kier molecular flexibility index (Phi) is 8.93. The van der Waals surface area contributed by atoms with E-state index in [2.05, 4.69) is 16.8 Å². The van der Waals surface area contributed by atoms with E-state index in [1.54, 1.807) is 55.5 Å². The van der Waals surface area contributed by atoms with Crippen LogP contribution in [0.2, 0.25) is 0 Å². The molecule has 0 spiro atoms. The summed E-state index contributed by atoms with van der Waals surface area (Å²) in [6, 6.07) is 13.3. The quantitative estimate of drug-likeness (QED) is 0.200.